The van der Waals surface area contributed by atoms with Gasteiger partial charge in [-0.25, -0.2) is 0 Å². The molecule has 4 aliphatic heterocycles. The molecule has 48 heavy (non-hydrogen) atoms. The van der Waals surface area contributed by atoms with E-state index in [9.17, 15) is 0 Å². The molecule has 8 aromatic rings. The molecule has 0 fully saturated rings. The first-order valence-electron chi connectivity index (χ1n) is 17.8. The topological polar surface area (TPSA) is 0 Å². The third-order valence-corrected chi connectivity index (χ3v) is 12.6. The second kappa shape index (κ2) is 8.50. The maximum absolute atomic E-state index is 2.62. The lowest BCUT2D eigenvalue weighted by Crippen LogP contribution is -2.52. The molecule has 8 aromatic carbocycles. The Morgan fingerprint density at radius 3 is 1.15 bits per heavy atom. The van der Waals surface area contributed by atoms with Crippen molar-refractivity contribution >= 4 is 78.5 Å². The zero-order valence-corrected chi connectivity index (χ0v) is 27.7. The molecule has 0 aromatic heterocycles. The minimum atomic E-state index is 0.267. The smallest absolute Gasteiger partial charge is 0.0664 e. The highest BCUT2D eigenvalue weighted by Gasteiger charge is 2.44. The van der Waals surface area contributed by atoms with Gasteiger partial charge in [0.1, 0.15) is 0 Å². The van der Waals surface area contributed by atoms with Crippen LogP contribution in [0, 0.1) is 0 Å². The van der Waals surface area contributed by atoms with Crippen molar-refractivity contribution in [1.82, 2.24) is 0 Å². The fourth-order valence-corrected chi connectivity index (χ4v) is 10.8. The normalized spacial score (nSPS) is 14.1. The molecule has 0 N–H and O–H groups in total. The minimum Gasteiger partial charge on any atom is -0.0664 e. The number of hydrogen-bond donors (Lipinski definition) is 0. The van der Waals surface area contributed by atoms with Crippen LogP contribution in [0.15, 0.2) is 109 Å². The van der Waals surface area contributed by atoms with Gasteiger partial charge in [0.2, 0.25) is 13.4 Å². The number of fused-ring (bicyclic) bond motifs is 10. The van der Waals surface area contributed by atoms with E-state index in [1.165, 1.54) is 121 Å². The molecule has 4 heterocycles. The van der Waals surface area contributed by atoms with Crippen LogP contribution in [-0.2, 0) is 0 Å². The Morgan fingerprint density at radius 2 is 0.729 bits per heavy atom. The molecule has 0 saturated carbocycles. The molecule has 2 heteroatoms. The Balaban J connectivity index is 1.35. The van der Waals surface area contributed by atoms with Crippen LogP contribution >= 0.6 is 0 Å². The first-order chi connectivity index (χ1) is 23.5. The molecule has 0 spiro atoms. The van der Waals surface area contributed by atoms with Gasteiger partial charge in [-0.2, -0.15) is 0 Å². The second-order valence-electron chi connectivity index (χ2n) is 15.4. The Bertz CT molecular complexity index is 2610. The van der Waals surface area contributed by atoms with Crippen LogP contribution in [0.25, 0.3) is 76.8 Å². The van der Waals surface area contributed by atoms with Crippen molar-refractivity contribution in [2.45, 2.75) is 39.5 Å². The number of rotatable bonds is 2. The molecule has 4 aliphatic rings. The molecule has 0 saturated heterocycles. The summed E-state index contributed by atoms with van der Waals surface area (Å²) in [6.07, 6.45) is 0. The van der Waals surface area contributed by atoms with E-state index in [1.54, 1.807) is 0 Å². The first-order valence-corrected chi connectivity index (χ1v) is 17.8. The highest BCUT2D eigenvalue weighted by Crippen LogP contribution is 2.50. The summed E-state index contributed by atoms with van der Waals surface area (Å²) in [6.45, 7) is 10.1. The standard InChI is InChI=1S/C46H32B2/c1-23(2)31-21-39-41-34(30-16-10-13-27-25-11-5-7-17-37(25)47(39)45(27)30)20-36-32(24(3)4)22-40-42-33(19-35(31)43(41)44(36)42)29-15-9-14-28-26-12-6-8-18-38(26)48(40)46(28)29/h5-24H,1-4H3. The first kappa shape index (κ1) is 26.0. The average molecular weight is 606 g/mol. The number of hydrogen-bond acceptors (Lipinski definition) is 0. The predicted octanol–water partition coefficient (Wildman–Crippen LogP) is 7.78. The summed E-state index contributed by atoms with van der Waals surface area (Å²) in [7, 11) is 0. The van der Waals surface area contributed by atoms with Crippen LogP contribution in [0.1, 0.15) is 50.7 Å². The molecular formula is C46H32B2. The molecule has 12 rings (SSSR count). The fourth-order valence-electron chi connectivity index (χ4n) is 10.8. The van der Waals surface area contributed by atoms with Crippen LogP contribution in [0.3, 0.4) is 0 Å². The van der Waals surface area contributed by atoms with Gasteiger partial charge >= 0.3 is 0 Å². The maximum Gasteiger partial charge on any atom is 0.244 e. The summed E-state index contributed by atoms with van der Waals surface area (Å²) >= 11 is 0. The van der Waals surface area contributed by atoms with Gasteiger partial charge in [-0.05, 0) is 112 Å². The fraction of sp³-hybridized carbons (Fsp3) is 0.130. The third-order valence-electron chi connectivity index (χ3n) is 12.6. The van der Waals surface area contributed by atoms with Crippen molar-refractivity contribution < 1.29 is 0 Å². The summed E-state index contributed by atoms with van der Waals surface area (Å²) in [5, 5.41) is 8.86. The molecule has 0 radical (unpaired) electrons. The van der Waals surface area contributed by atoms with E-state index in [0.717, 1.165) is 0 Å². The SMILES string of the molecule is CC(C)c1cc2c3c(cc4c(C(C)C)cc5c6c(cc1c3c46)-c1cccc3c1B5c1ccccc1-3)-c1cccc3c1B2c1ccccc1-3. The molecule has 222 valence electrons. The lowest BCUT2D eigenvalue weighted by Gasteiger charge is -2.33. The van der Waals surface area contributed by atoms with E-state index in [2.05, 4.69) is 137 Å². The molecule has 0 nitrogen and oxygen atoms in total. The van der Waals surface area contributed by atoms with Crippen LogP contribution < -0.4 is 32.8 Å². The van der Waals surface area contributed by atoms with Gasteiger partial charge in [-0.1, -0.05) is 158 Å². The minimum absolute atomic E-state index is 0.267. The molecule has 0 unspecified atom stereocenters. The van der Waals surface area contributed by atoms with Crippen molar-refractivity contribution in [3.8, 4) is 44.5 Å². The van der Waals surface area contributed by atoms with E-state index >= 15 is 0 Å². The Hall–Kier alpha value is -5.07. The summed E-state index contributed by atoms with van der Waals surface area (Å²) in [4.78, 5) is 0. The Kier molecular flexibility index (Phi) is 4.59. The summed E-state index contributed by atoms with van der Waals surface area (Å²) < 4.78 is 0. The predicted molar refractivity (Wildman–Crippen MR) is 209 cm³/mol. The summed E-state index contributed by atoms with van der Waals surface area (Å²) in [5.41, 5.74) is 23.3. The van der Waals surface area contributed by atoms with Crippen molar-refractivity contribution in [3.63, 3.8) is 0 Å². The third kappa shape index (κ3) is 2.79. The average Bonchev–Trinajstić information content (AvgIpc) is 3.63. The highest BCUT2D eigenvalue weighted by atomic mass is 14.3. The largest absolute Gasteiger partial charge is 0.244 e. The Morgan fingerprint density at radius 1 is 0.354 bits per heavy atom. The number of benzene rings is 8. The highest BCUT2D eigenvalue weighted by molar-refractivity contribution is 7.03. The lowest BCUT2D eigenvalue weighted by atomic mass is 9.34. The molecular weight excluding hydrogens is 574 g/mol. The van der Waals surface area contributed by atoms with Crippen molar-refractivity contribution in [3.05, 3.63) is 120 Å². The van der Waals surface area contributed by atoms with Gasteiger partial charge < -0.3 is 0 Å². The Labute approximate surface area is 281 Å². The zero-order chi connectivity index (χ0) is 31.7. The molecule has 0 aliphatic carbocycles. The van der Waals surface area contributed by atoms with Gasteiger partial charge in [-0.3, -0.25) is 0 Å². The quantitative estimate of drug-likeness (QED) is 0.139. The van der Waals surface area contributed by atoms with Crippen molar-refractivity contribution in [1.29, 1.82) is 0 Å². The van der Waals surface area contributed by atoms with Crippen molar-refractivity contribution in [2.24, 2.45) is 0 Å². The van der Waals surface area contributed by atoms with E-state index in [1.807, 2.05) is 0 Å². The van der Waals surface area contributed by atoms with E-state index in [-0.39, 0.29) is 13.4 Å². The van der Waals surface area contributed by atoms with Gasteiger partial charge in [0.25, 0.3) is 0 Å². The van der Waals surface area contributed by atoms with E-state index in [4.69, 9.17) is 0 Å². The van der Waals surface area contributed by atoms with Crippen LogP contribution in [-0.4, -0.2) is 13.4 Å². The van der Waals surface area contributed by atoms with Crippen molar-refractivity contribution in [2.75, 3.05) is 0 Å². The molecule has 0 atom stereocenters. The second-order valence-corrected chi connectivity index (χ2v) is 15.4. The summed E-state index contributed by atoms with van der Waals surface area (Å²) in [5.74, 6) is 0.807. The van der Waals surface area contributed by atoms with Crippen LogP contribution in [0.2, 0.25) is 0 Å². The zero-order valence-electron chi connectivity index (χ0n) is 27.7. The van der Waals surface area contributed by atoms with Gasteiger partial charge in [0.05, 0.1) is 0 Å². The molecule has 0 bridgehead atoms. The molecule has 0 amide bonds. The maximum atomic E-state index is 2.62. The van der Waals surface area contributed by atoms with Gasteiger partial charge in [-0.15, -0.1) is 0 Å². The lowest BCUT2D eigenvalue weighted by molar-refractivity contribution is 0.877. The van der Waals surface area contributed by atoms with Crippen LogP contribution in [0.4, 0.5) is 0 Å². The van der Waals surface area contributed by atoms with E-state index < -0.39 is 0 Å². The van der Waals surface area contributed by atoms with E-state index in [0.29, 0.717) is 11.8 Å². The van der Waals surface area contributed by atoms with Gasteiger partial charge in [0, 0.05) is 0 Å². The summed E-state index contributed by atoms with van der Waals surface area (Å²) in [6, 6.07) is 43.0. The van der Waals surface area contributed by atoms with Crippen LogP contribution in [0.5, 0.6) is 0 Å². The van der Waals surface area contributed by atoms with Gasteiger partial charge in [0.15, 0.2) is 0 Å². The monoisotopic (exact) mass is 606 g/mol.